The molecule has 0 saturated heterocycles. The number of unbranched alkanes of at least 4 members (excludes halogenated alkanes) is 1. The van der Waals surface area contributed by atoms with Gasteiger partial charge in [-0.3, -0.25) is 9.36 Å². The van der Waals surface area contributed by atoms with Gasteiger partial charge in [0.15, 0.2) is 0 Å². The van der Waals surface area contributed by atoms with Crippen LogP contribution in [0.1, 0.15) is 38.6 Å². The number of aromatic nitrogens is 2. The van der Waals surface area contributed by atoms with Gasteiger partial charge in [-0.05, 0) is 67.9 Å². The summed E-state index contributed by atoms with van der Waals surface area (Å²) in [6.07, 6.45) is 1.46. The number of hydrogen-bond acceptors (Lipinski definition) is 5. The summed E-state index contributed by atoms with van der Waals surface area (Å²) in [5.74, 6) is 0.939. The maximum absolute atomic E-state index is 13.8. The number of halogens is 1. The summed E-state index contributed by atoms with van der Waals surface area (Å²) in [5.41, 5.74) is 0.655. The third-order valence-corrected chi connectivity index (χ3v) is 8.29. The molecule has 4 rings (SSSR count). The average Bonchev–Trinajstić information content (AvgIpc) is 2.89. The van der Waals surface area contributed by atoms with Crippen molar-refractivity contribution >= 4 is 32.5 Å². The van der Waals surface area contributed by atoms with Crippen molar-refractivity contribution in [3.05, 3.63) is 94.0 Å². The molecule has 1 heterocycles. The Morgan fingerprint density at radius 1 is 1.06 bits per heavy atom. The molecule has 188 valence electrons. The van der Waals surface area contributed by atoms with E-state index in [4.69, 9.17) is 21.3 Å². The molecule has 0 N–H and O–H groups in total. The number of hydrogen-bond donors (Lipinski definition) is 0. The number of fused-ring (bicyclic) bond motifs is 1. The molecule has 0 amide bonds. The Labute approximate surface area is 216 Å². The largest absolute Gasteiger partial charge is 0.497 e. The first-order valence-corrected chi connectivity index (χ1v) is 13.5. The average molecular weight is 526 g/mol. The molecule has 1 aromatic heterocycles. The lowest BCUT2D eigenvalue weighted by molar-refractivity contribution is 0.322. The third kappa shape index (κ3) is 5.02. The second-order valence-electron chi connectivity index (χ2n) is 8.43. The van der Waals surface area contributed by atoms with Gasteiger partial charge in [-0.2, -0.15) is 4.31 Å². The molecule has 0 aliphatic heterocycles. The first kappa shape index (κ1) is 25.9. The lowest BCUT2D eigenvalue weighted by Gasteiger charge is -2.29. The molecule has 0 fully saturated rings. The van der Waals surface area contributed by atoms with E-state index < -0.39 is 16.1 Å². The Bertz CT molecular complexity index is 1520. The highest BCUT2D eigenvalue weighted by atomic mass is 35.5. The van der Waals surface area contributed by atoms with Gasteiger partial charge in [-0.15, -0.1) is 0 Å². The number of benzene rings is 3. The zero-order chi connectivity index (χ0) is 25.9. The van der Waals surface area contributed by atoms with Crippen molar-refractivity contribution in [2.24, 2.45) is 0 Å². The molecule has 7 nitrogen and oxygen atoms in total. The fraction of sp³-hybridized carbons (Fsp3) is 0.259. The standard InChI is InChI=1S/C27H28ClN3O4S/c1-4-5-17-30(36(33,34)23-9-7-6-8-10-23)19(2)26-29-25-18-20(28)11-16-24(25)27(32)31(26)21-12-14-22(35-3)15-13-21/h6-16,18-19H,4-5,17H2,1-3H3. The van der Waals surface area contributed by atoms with E-state index in [1.54, 1.807) is 86.8 Å². The Hall–Kier alpha value is -3.20. The van der Waals surface area contributed by atoms with E-state index in [2.05, 4.69) is 0 Å². The maximum Gasteiger partial charge on any atom is 0.266 e. The molecule has 1 unspecified atom stereocenters. The fourth-order valence-corrected chi connectivity index (χ4v) is 5.95. The quantitative estimate of drug-likeness (QED) is 0.284. The van der Waals surface area contributed by atoms with Crippen LogP contribution < -0.4 is 10.3 Å². The van der Waals surface area contributed by atoms with Crippen molar-refractivity contribution in [1.82, 2.24) is 13.9 Å². The third-order valence-electron chi connectivity index (χ3n) is 6.08. The van der Waals surface area contributed by atoms with Crippen LogP contribution in [0.4, 0.5) is 0 Å². The first-order chi connectivity index (χ1) is 17.3. The molecule has 9 heteroatoms. The SMILES string of the molecule is CCCCN(C(C)c1nc2cc(Cl)ccc2c(=O)n1-c1ccc(OC)cc1)S(=O)(=O)c1ccccc1. The van der Waals surface area contributed by atoms with Gasteiger partial charge in [0.2, 0.25) is 10.0 Å². The van der Waals surface area contributed by atoms with Crippen LogP contribution in [0.15, 0.2) is 82.5 Å². The van der Waals surface area contributed by atoms with Gasteiger partial charge in [0, 0.05) is 11.6 Å². The van der Waals surface area contributed by atoms with E-state index in [-0.39, 0.29) is 17.0 Å². The Morgan fingerprint density at radius 2 is 1.75 bits per heavy atom. The highest BCUT2D eigenvalue weighted by Gasteiger charge is 2.32. The van der Waals surface area contributed by atoms with Gasteiger partial charge < -0.3 is 4.74 Å². The predicted molar refractivity (Wildman–Crippen MR) is 143 cm³/mol. The summed E-state index contributed by atoms with van der Waals surface area (Å²) in [4.78, 5) is 18.7. The summed E-state index contributed by atoms with van der Waals surface area (Å²) in [5, 5.41) is 0.826. The Balaban J connectivity index is 1.96. The van der Waals surface area contributed by atoms with Crippen molar-refractivity contribution in [3.63, 3.8) is 0 Å². The van der Waals surface area contributed by atoms with E-state index in [0.29, 0.717) is 39.6 Å². The monoisotopic (exact) mass is 525 g/mol. The summed E-state index contributed by atoms with van der Waals surface area (Å²) in [7, 11) is -2.31. The molecule has 0 aliphatic rings. The Morgan fingerprint density at radius 3 is 2.39 bits per heavy atom. The van der Waals surface area contributed by atoms with Gasteiger partial charge in [0.1, 0.15) is 11.6 Å². The van der Waals surface area contributed by atoms with Gasteiger partial charge in [0.25, 0.3) is 5.56 Å². The van der Waals surface area contributed by atoms with Crippen LogP contribution in [0.25, 0.3) is 16.6 Å². The molecule has 4 aromatic rings. The maximum atomic E-state index is 13.8. The van der Waals surface area contributed by atoms with Gasteiger partial charge >= 0.3 is 0 Å². The van der Waals surface area contributed by atoms with Crippen LogP contribution in [0.3, 0.4) is 0 Å². The number of ether oxygens (including phenoxy) is 1. The predicted octanol–water partition coefficient (Wildman–Crippen LogP) is 5.60. The van der Waals surface area contributed by atoms with Crippen LogP contribution >= 0.6 is 11.6 Å². The highest BCUT2D eigenvalue weighted by molar-refractivity contribution is 7.89. The zero-order valence-electron chi connectivity index (χ0n) is 20.4. The number of sulfonamides is 1. The fourth-order valence-electron chi connectivity index (χ4n) is 4.13. The lowest BCUT2D eigenvalue weighted by atomic mass is 10.2. The summed E-state index contributed by atoms with van der Waals surface area (Å²) >= 11 is 6.21. The van der Waals surface area contributed by atoms with Crippen molar-refractivity contribution in [3.8, 4) is 11.4 Å². The summed E-state index contributed by atoms with van der Waals surface area (Å²) in [6, 6.07) is 19.5. The molecule has 0 aliphatic carbocycles. The normalized spacial score (nSPS) is 12.7. The minimum Gasteiger partial charge on any atom is -0.497 e. The zero-order valence-corrected chi connectivity index (χ0v) is 22.0. The van der Waals surface area contributed by atoms with E-state index >= 15 is 0 Å². The van der Waals surface area contributed by atoms with E-state index in [9.17, 15) is 13.2 Å². The summed E-state index contributed by atoms with van der Waals surface area (Å²) in [6.45, 7) is 4.04. The summed E-state index contributed by atoms with van der Waals surface area (Å²) < 4.78 is 35.7. The molecule has 0 saturated carbocycles. The molecule has 0 bridgehead atoms. The topological polar surface area (TPSA) is 81.5 Å². The van der Waals surface area contributed by atoms with Crippen LogP contribution in [-0.2, 0) is 10.0 Å². The first-order valence-electron chi connectivity index (χ1n) is 11.7. The van der Waals surface area contributed by atoms with Crippen molar-refractivity contribution in [2.75, 3.05) is 13.7 Å². The minimum atomic E-state index is -3.87. The number of methoxy groups -OCH3 is 1. The van der Waals surface area contributed by atoms with Crippen LogP contribution in [0.2, 0.25) is 5.02 Å². The van der Waals surface area contributed by atoms with Gasteiger partial charge in [-0.25, -0.2) is 13.4 Å². The minimum absolute atomic E-state index is 0.190. The number of rotatable bonds is 9. The van der Waals surface area contributed by atoms with E-state index in [0.717, 1.165) is 6.42 Å². The van der Waals surface area contributed by atoms with E-state index in [1.165, 1.54) is 8.87 Å². The van der Waals surface area contributed by atoms with Crippen LogP contribution in [0.5, 0.6) is 5.75 Å². The molecule has 3 aromatic carbocycles. The second-order valence-corrected chi connectivity index (χ2v) is 10.8. The van der Waals surface area contributed by atoms with Crippen LogP contribution in [0, 0.1) is 0 Å². The Kier molecular flexibility index (Phi) is 7.78. The second kappa shape index (κ2) is 10.8. The highest BCUT2D eigenvalue weighted by Crippen LogP contribution is 2.29. The smallest absolute Gasteiger partial charge is 0.266 e. The molecule has 0 radical (unpaired) electrons. The van der Waals surface area contributed by atoms with Crippen molar-refractivity contribution < 1.29 is 13.2 Å². The van der Waals surface area contributed by atoms with E-state index in [1.807, 2.05) is 6.92 Å². The van der Waals surface area contributed by atoms with Gasteiger partial charge in [0.05, 0.1) is 34.6 Å². The van der Waals surface area contributed by atoms with Crippen LogP contribution in [-0.4, -0.2) is 35.9 Å². The van der Waals surface area contributed by atoms with Gasteiger partial charge in [-0.1, -0.05) is 43.1 Å². The lowest BCUT2D eigenvalue weighted by Crippen LogP contribution is -2.38. The van der Waals surface area contributed by atoms with Crippen molar-refractivity contribution in [2.45, 2.75) is 37.6 Å². The molecular formula is C27H28ClN3O4S. The molecular weight excluding hydrogens is 498 g/mol. The molecule has 1 atom stereocenters. The van der Waals surface area contributed by atoms with Crippen molar-refractivity contribution in [1.29, 1.82) is 0 Å². The molecule has 0 spiro atoms. The number of nitrogens with zero attached hydrogens (tertiary/aromatic N) is 3. The molecule has 36 heavy (non-hydrogen) atoms.